The van der Waals surface area contributed by atoms with Crippen LogP contribution in [-0.4, -0.2) is 57.6 Å². The summed E-state index contributed by atoms with van der Waals surface area (Å²) >= 11 is 0.947. The third-order valence-corrected chi connectivity index (χ3v) is 7.84. The van der Waals surface area contributed by atoms with E-state index >= 15 is 0 Å². The van der Waals surface area contributed by atoms with Gasteiger partial charge in [0.15, 0.2) is 0 Å². The van der Waals surface area contributed by atoms with Gasteiger partial charge in [-0.25, -0.2) is 13.2 Å². The summed E-state index contributed by atoms with van der Waals surface area (Å²) in [6.45, 7) is 3.93. The van der Waals surface area contributed by atoms with Gasteiger partial charge in [-0.1, -0.05) is 26.3 Å². The van der Waals surface area contributed by atoms with Crippen LogP contribution in [0.15, 0.2) is 23.1 Å². The molecule has 158 valence electrons. The third-order valence-electron chi connectivity index (χ3n) is 5.40. The summed E-state index contributed by atoms with van der Waals surface area (Å²) in [7, 11) is -3.85. The van der Waals surface area contributed by atoms with E-state index in [1.165, 1.54) is 10.4 Å². The number of sulfonamides is 1. The number of piperidine rings is 1. The quantitative estimate of drug-likeness (QED) is 0.670. The zero-order valence-electron chi connectivity index (χ0n) is 16.2. The fourth-order valence-electron chi connectivity index (χ4n) is 3.46. The van der Waals surface area contributed by atoms with E-state index in [0.717, 1.165) is 11.7 Å². The normalized spacial score (nSPS) is 20.3. The van der Waals surface area contributed by atoms with Crippen LogP contribution in [0, 0.1) is 11.8 Å². The SMILES string of the molecule is CCC(C)C(NC(=O)C1CCCN(S(=O)(=O)c2cccc3nsnc23)C1)C(=O)O. The summed E-state index contributed by atoms with van der Waals surface area (Å²) in [6.07, 6.45) is 1.63. The lowest BCUT2D eigenvalue weighted by Gasteiger charge is -2.32. The number of aliphatic carboxylic acids is 1. The molecule has 1 aliphatic heterocycles. The van der Waals surface area contributed by atoms with Crippen LogP contribution >= 0.6 is 11.7 Å². The Morgan fingerprint density at radius 2 is 2.14 bits per heavy atom. The largest absolute Gasteiger partial charge is 0.480 e. The topological polar surface area (TPSA) is 130 Å². The Labute approximate surface area is 173 Å². The highest BCUT2D eigenvalue weighted by Gasteiger charge is 2.36. The average Bonchev–Trinajstić information content (AvgIpc) is 3.19. The second-order valence-corrected chi connectivity index (χ2v) is 9.74. The smallest absolute Gasteiger partial charge is 0.326 e. The first kappa shape index (κ1) is 21.6. The van der Waals surface area contributed by atoms with Gasteiger partial charge in [-0.05, 0) is 30.9 Å². The van der Waals surface area contributed by atoms with Crippen molar-refractivity contribution in [3.63, 3.8) is 0 Å². The van der Waals surface area contributed by atoms with Crippen molar-refractivity contribution in [2.75, 3.05) is 13.1 Å². The molecule has 11 heteroatoms. The van der Waals surface area contributed by atoms with E-state index in [0.29, 0.717) is 36.8 Å². The van der Waals surface area contributed by atoms with Gasteiger partial charge in [0.1, 0.15) is 22.0 Å². The molecule has 0 bridgehead atoms. The molecule has 1 aromatic carbocycles. The summed E-state index contributed by atoms with van der Waals surface area (Å²) < 4.78 is 35.8. The number of fused-ring (bicyclic) bond motifs is 1. The first-order valence-corrected chi connectivity index (χ1v) is 11.7. The fraction of sp³-hybridized carbons (Fsp3) is 0.556. The number of aromatic nitrogens is 2. The van der Waals surface area contributed by atoms with Gasteiger partial charge in [-0.2, -0.15) is 13.1 Å². The molecule has 1 amide bonds. The molecule has 2 heterocycles. The van der Waals surface area contributed by atoms with Gasteiger partial charge in [0, 0.05) is 13.1 Å². The Morgan fingerprint density at radius 3 is 2.83 bits per heavy atom. The Kier molecular flexibility index (Phi) is 6.49. The number of carboxylic acid groups (broad SMARTS) is 1. The minimum absolute atomic E-state index is 0.00889. The van der Waals surface area contributed by atoms with Crippen molar-refractivity contribution in [3.8, 4) is 0 Å². The van der Waals surface area contributed by atoms with Crippen molar-refractivity contribution < 1.29 is 23.1 Å². The second-order valence-electron chi connectivity index (χ2n) is 7.30. The lowest BCUT2D eigenvalue weighted by Crippen LogP contribution is -2.51. The molecular weight excluding hydrogens is 416 g/mol. The number of hydrogen-bond acceptors (Lipinski definition) is 7. The van der Waals surface area contributed by atoms with Gasteiger partial charge < -0.3 is 10.4 Å². The lowest BCUT2D eigenvalue weighted by atomic mass is 9.95. The van der Waals surface area contributed by atoms with Crippen molar-refractivity contribution in [3.05, 3.63) is 18.2 Å². The molecular formula is C18H24N4O5S2. The summed E-state index contributed by atoms with van der Waals surface area (Å²) in [4.78, 5) is 24.3. The van der Waals surface area contributed by atoms with Crippen molar-refractivity contribution in [2.24, 2.45) is 11.8 Å². The third kappa shape index (κ3) is 4.41. The zero-order chi connectivity index (χ0) is 21.2. The number of benzene rings is 1. The first-order chi connectivity index (χ1) is 13.8. The summed E-state index contributed by atoms with van der Waals surface area (Å²) in [6, 6.07) is 3.82. The van der Waals surface area contributed by atoms with Crippen molar-refractivity contribution in [1.29, 1.82) is 0 Å². The summed E-state index contributed by atoms with van der Waals surface area (Å²) in [5.74, 6) is -2.34. The Morgan fingerprint density at radius 1 is 1.38 bits per heavy atom. The molecule has 1 aliphatic rings. The second kappa shape index (κ2) is 8.72. The van der Waals surface area contributed by atoms with E-state index in [1.54, 1.807) is 19.1 Å². The fourth-order valence-corrected chi connectivity index (χ4v) is 5.73. The average molecular weight is 441 g/mol. The standard InChI is InChI=1S/C18H24N4O5S2/c1-3-11(2)15(18(24)25)19-17(23)12-6-5-9-22(10-12)29(26,27)14-8-4-7-13-16(14)21-28-20-13/h4,7-8,11-12,15H,3,5-6,9-10H2,1-2H3,(H,19,23)(H,24,25). The van der Waals surface area contributed by atoms with Crippen LogP contribution in [0.5, 0.6) is 0 Å². The highest BCUT2D eigenvalue weighted by molar-refractivity contribution is 7.89. The van der Waals surface area contributed by atoms with Crippen LogP contribution in [-0.2, 0) is 19.6 Å². The highest BCUT2D eigenvalue weighted by atomic mass is 32.2. The molecule has 0 radical (unpaired) electrons. The molecule has 3 unspecified atom stereocenters. The monoisotopic (exact) mass is 440 g/mol. The first-order valence-electron chi connectivity index (χ1n) is 9.50. The van der Waals surface area contributed by atoms with E-state index < -0.39 is 33.9 Å². The zero-order valence-corrected chi connectivity index (χ0v) is 17.9. The molecule has 0 aliphatic carbocycles. The number of hydrogen-bond donors (Lipinski definition) is 2. The van der Waals surface area contributed by atoms with Gasteiger partial charge in [0.25, 0.3) is 0 Å². The maximum absolute atomic E-state index is 13.2. The van der Waals surface area contributed by atoms with Gasteiger partial charge in [0.05, 0.1) is 17.6 Å². The van der Waals surface area contributed by atoms with E-state index in [1.807, 2.05) is 6.92 Å². The molecule has 1 saturated heterocycles. The number of nitrogens with one attached hydrogen (secondary N) is 1. The predicted molar refractivity (Wildman–Crippen MR) is 108 cm³/mol. The van der Waals surface area contributed by atoms with Crippen LogP contribution in [0.1, 0.15) is 33.1 Å². The number of amides is 1. The van der Waals surface area contributed by atoms with Crippen LogP contribution in [0.25, 0.3) is 11.0 Å². The number of carboxylic acids is 1. The molecule has 0 saturated carbocycles. The lowest BCUT2D eigenvalue weighted by molar-refractivity contribution is -0.144. The molecule has 9 nitrogen and oxygen atoms in total. The molecule has 0 spiro atoms. The molecule has 1 fully saturated rings. The Balaban J connectivity index is 1.79. The molecule has 3 atom stereocenters. The molecule has 2 aromatic rings. The minimum Gasteiger partial charge on any atom is -0.480 e. The summed E-state index contributed by atoms with van der Waals surface area (Å²) in [5, 5.41) is 12.0. The van der Waals surface area contributed by atoms with E-state index in [2.05, 4.69) is 14.1 Å². The molecule has 29 heavy (non-hydrogen) atoms. The number of carbonyl (C=O) groups excluding carboxylic acids is 1. The maximum Gasteiger partial charge on any atom is 0.326 e. The van der Waals surface area contributed by atoms with E-state index in [4.69, 9.17) is 0 Å². The molecule has 3 rings (SSSR count). The van der Waals surface area contributed by atoms with Gasteiger partial charge in [-0.3, -0.25) is 4.79 Å². The van der Waals surface area contributed by atoms with Crippen LogP contribution in [0.3, 0.4) is 0 Å². The van der Waals surface area contributed by atoms with Crippen LogP contribution in [0.2, 0.25) is 0 Å². The van der Waals surface area contributed by atoms with Gasteiger partial charge in [0.2, 0.25) is 15.9 Å². The Bertz CT molecular complexity index is 1010. The van der Waals surface area contributed by atoms with Gasteiger partial charge >= 0.3 is 5.97 Å². The van der Waals surface area contributed by atoms with E-state index in [9.17, 15) is 23.1 Å². The van der Waals surface area contributed by atoms with Crippen molar-refractivity contribution in [2.45, 2.75) is 44.0 Å². The highest BCUT2D eigenvalue weighted by Crippen LogP contribution is 2.28. The number of nitrogens with zero attached hydrogens (tertiary/aromatic N) is 3. The Hall–Kier alpha value is -2.11. The molecule has 1 aromatic heterocycles. The number of carbonyl (C=O) groups is 2. The molecule has 2 N–H and O–H groups in total. The summed E-state index contributed by atoms with van der Waals surface area (Å²) in [5.41, 5.74) is 0.840. The predicted octanol–water partition coefficient (Wildman–Crippen LogP) is 1.71. The van der Waals surface area contributed by atoms with Crippen LogP contribution < -0.4 is 5.32 Å². The van der Waals surface area contributed by atoms with Crippen molar-refractivity contribution in [1.82, 2.24) is 18.4 Å². The maximum atomic E-state index is 13.2. The number of rotatable bonds is 7. The van der Waals surface area contributed by atoms with E-state index in [-0.39, 0.29) is 17.4 Å². The van der Waals surface area contributed by atoms with Gasteiger partial charge in [-0.15, -0.1) is 0 Å². The minimum atomic E-state index is -3.85. The van der Waals surface area contributed by atoms with Crippen LogP contribution in [0.4, 0.5) is 0 Å². The van der Waals surface area contributed by atoms with Crippen molar-refractivity contribution >= 4 is 44.7 Å².